The van der Waals surface area contributed by atoms with Crippen molar-refractivity contribution in [3.8, 4) is 5.75 Å². The van der Waals surface area contributed by atoms with Crippen LogP contribution in [0.4, 0.5) is 5.69 Å². The quantitative estimate of drug-likeness (QED) is 0.468. The summed E-state index contributed by atoms with van der Waals surface area (Å²) in [5.41, 5.74) is 3.00. The minimum atomic E-state index is -0.272. The summed E-state index contributed by atoms with van der Waals surface area (Å²) in [6.07, 6.45) is -0.272. The fourth-order valence-electron chi connectivity index (χ4n) is 2.93. The van der Waals surface area contributed by atoms with Gasteiger partial charge in [-0.15, -0.1) is 10.2 Å². The topological polar surface area (TPSA) is 69.0 Å². The summed E-state index contributed by atoms with van der Waals surface area (Å²) < 4.78 is 8.05. The van der Waals surface area contributed by atoms with E-state index < -0.39 is 0 Å². The summed E-state index contributed by atoms with van der Waals surface area (Å²) in [5, 5.41) is 12.6. The lowest BCUT2D eigenvalue weighted by Crippen LogP contribution is -2.15. The van der Waals surface area contributed by atoms with Gasteiger partial charge in [-0.3, -0.25) is 4.79 Å². The van der Waals surface area contributed by atoms with Crippen molar-refractivity contribution in [2.45, 2.75) is 45.5 Å². The number of hydrogen-bond donors (Lipinski definition) is 1. The third kappa shape index (κ3) is 5.34. The van der Waals surface area contributed by atoms with Crippen molar-refractivity contribution in [1.29, 1.82) is 0 Å². The highest BCUT2D eigenvalue weighted by atomic mass is 35.5. The Kier molecular flexibility index (Phi) is 7.39. The summed E-state index contributed by atoms with van der Waals surface area (Å²) in [6, 6.07) is 13.2. The second kappa shape index (κ2) is 10.00. The Balaban J connectivity index is 1.65. The third-order valence-electron chi connectivity index (χ3n) is 4.70. The van der Waals surface area contributed by atoms with E-state index in [1.807, 2.05) is 48.7 Å². The van der Waals surface area contributed by atoms with Crippen LogP contribution in [-0.4, -0.2) is 26.4 Å². The van der Waals surface area contributed by atoms with Gasteiger partial charge in [0.05, 0.1) is 16.5 Å². The highest BCUT2D eigenvalue weighted by Gasteiger charge is 2.19. The minimum Gasteiger partial charge on any atom is -0.483 e. The van der Waals surface area contributed by atoms with E-state index in [9.17, 15) is 4.79 Å². The number of nitrogens with zero attached hydrogens (tertiary/aromatic N) is 3. The van der Waals surface area contributed by atoms with Gasteiger partial charge in [0.15, 0.2) is 17.1 Å². The molecule has 0 saturated heterocycles. The number of benzene rings is 2. The van der Waals surface area contributed by atoms with Crippen molar-refractivity contribution in [3.05, 3.63) is 64.4 Å². The molecule has 3 aromatic rings. The number of thioether (sulfide) groups is 1. The first-order chi connectivity index (χ1) is 14.4. The molecular formula is C22H25ClN4O2S. The number of halogens is 1. The number of carbonyl (C=O) groups excluding carboxylic acids is 1. The maximum atomic E-state index is 12.3. The average Bonchev–Trinajstić information content (AvgIpc) is 3.14. The first kappa shape index (κ1) is 22.2. The van der Waals surface area contributed by atoms with Gasteiger partial charge in [-0.25, -0.2) is 0 Å². The molecule has 6 nitrogen and oxygen atoms in total. The van der Waals surface area contributed by atoms with Gasteiger partial charge in [0.2, 0.25) is 5.91 Å². The predicted octanol–water partition coefficient (Wildman–Crippen LogP) is 5.44. The summed E-state index contributed by atoms with van der Waals surface area (Å²) in [5.74, 6) is 1.57. The number of carbonyl (C=O) groups is 1. The van der Waals surface area contributed by atoms with Crippen LogP contribution in [0, 0.1) is 13.8 Å². The fourth-order valence-corrected chi connectivity index (χ4v) is 3.92. The molecule has 158 valence electrons. The van der Waals surface area contributed by atoms with Gasteiger partial charge >= 0.3 is 0 Å². The van der Waals surface area contributed by atoms with Crippen LogP contribution in [0.2, 0.25) is 5.02 Å². The van der Waals surface area contributed by atoms with Crippen molar-refractivity contribution in [2.24, 2.45) is 0 Å². The van der Waals surface area contributed by atoms with Crippen molar-refractivity contribution < 1.29 is 9.53 Å². The van der Waals surface area contributed by atoms with Gasteiger partial charge in [-0.2, -0.15) is 0 Å². The summed E-state index contributed by atoms with van der Waals surface area (Å²) in [7, 11) is 0. The molecule has 1 aromatic heterocycles. The third-order valence-corrected chi connectivity index (χ3v) is 5.99. The Hall–Kier alpha value is -2.51. The van der Waals surface area contributed by atoms with Crippen LogP contribution >= 0.6 is 23.4 Å². The molecule has 0 bridgehead atoms. The maximum absolute atomic E-state index is 12.3. The standard InChI is InChI=1S/C22H25ClN4O2S/c1-5-27-21(16(4)29-17-11-10-14(2)15(3)12-17)25-26-22(27)30-13-20(28)24-19-9-7-6-8-18(19)23/h6-12,16H,5,13H2,1-4H3,(H,24,28). The molecule has 3 rings (SSSR count). The molecule has 1 amide bonds. The fraction of sp³-hybridized carbons (Fsp3) is 0.318. The highest BCUT2D eigenvalue weighted by Crippen LogP contribution is 2.26. The van der Waals surface area contributed by atoms with Gasteiger partial charge in [0.25, 0.3) is 0 Å². The molecule has 8 heteroatoms. The number of anilines is 1. The normalized spacial score (nSPS) is 11.9. The van der Waals surface area contributed by atoms with Gasteiger partial charge in [0.1, 0.15) is 5.75 Å². The number of aryl methyl sites for hydroxylation is 2. The smallest absolute Gasteiger partial charge is 0.234 e. The molecule has 1 atom stereocenters. The predicted molar refractivity (Wildman–Crippen MR) is 121 cm³/mol. The lowest BCUT2D eigenvalue weighted by Gasteiger charge is -2.16. The van der Waals surface area contributed by atoms with Gasteiger partial charge < -0.3 is 14.6 Å². The first-order valence-electron chi connectivity index (χ1n) is 9.73. The number of nitrogens with one attached hydrogen (secondary N) is 1. The van der Waals surface area contributed by atoms with E-state index in [1.54, 1.807) is 12.1 Å². The van der Waals surface area contributed by atoms with Gasteiger partial charge in [0, 0.05) is 6.54 Å². The van der Waals surface area contributed by atoms with Gasteiger partial charge in [-0.05, 0) is 63.1 Å². The summed E-state index contributed by atoms with van der Waals surface area (Å²) in [4.78, 5) is 12.3. The Bertz CT molecular complexity index is 1040. The highest BCUT2D eigenvalue weighted by molar-refractivity contribution is 7.99. The number of rotatable bonds is 8. The Morgan fingerprint density at radius 2 is 1.97 bits per heavy atom. The second-order valence-corrected chi connectivity index (χ2v) is 8.26. The minimum absolute atomic E-state index is 0.153. The molecule has 0 fully saturated rings. The lowest BCUT2D eigenvalue weighted by atomic mass is 10.1. The van der Waals surface area contributed by atoms with Crippen LogP contribution in [0.15, 0.2) is 47.6 Å². The Labute approximate surface area is 186 Å². The van der Waals surface area contributed by atoms with Crippen LogP contribution < -0.4 is 10.1 Å². The number of amides is 1. The van der Waals surface area contributed by atoms with E-state index >= 15 is 0 Å². The van der Waals surface area contributed by atoms with Gasteiger partial charge in [-0.1, -0.05) is 41.6 Å². The zero-order chi connectivity index (χ0) is 21.7. The Morgan fingerprint density at radius 3 is 2.67 bits per heavy atom. The zero-order valence-electron chi connectivity index (χ0n) is 17.5. The largest absolute Gasteiger partial charge is 0.483 e. The van der Waals surface area contributed by atoms with E-state index in [4.69, 9.17) is 16.3 Å². The zero-order valence-corrected chi connectivity index (χ0v) is 19.0. The summed E-state index contributed by atoms with van der Waals surface area (Å²) >= 11 is 7.43. The lowest BCUT2D eigenvalue weighted by molar-refractivity contribution is -0.113. The number of aromatic nitrogens is 3. The molecule has 1 N–H and O–H groups in total. The van der Waals surface area contributed by atoms with E-state index in [0.29, 0.717) is 22.4 Å². The van der Waals surface area contributed by atoms with Crippen molar-refractivity contribution in [3.63, 3.8) is 0 Å². The molecule has 0 saturated carbocycles. The van der Waals surface area contributed by atoms with Crippen molar-refractivity contribution in [1.82, 2.24) is 14.8 Å². The number of ether oxygens (including phenoxy) is 1. The molecule has 0 aliphatic rings. The Morgan fingerprint density at radius 1 is 1.20 bits per heavy atom. The van der Waals surface area contributed by atoms with Crippen LogP contribution in [-0.2, 0) is 11.3 Å². The molecule has 0 aliphatic heterocycles. The summed E-state index contributed by atoms with van der Waals surface area (Å²) in [6.45, 7) is 8.77. The monoisotopic (exact) mass is 444 g/mol. The average molecular weight is 445 g/mol. The molecule has 1 unspecified atom stereocenters. The van der Waals surface area contributed by atoms with E-state index in [-0.39, 0.29) is 17.8 Å². The van der Waals surface area contributed by atoms with Crippen molar-refractivity contribution >= 4 is 35.0 Å². The first-order valence-corrected chi connectivity index (χ1v) is 11.1. The van der Waals surface area contributed by atoms with Crippen LogP contribution in [0.1, 0.15) is 36.9 Å². The van der Waals surface area contributed by atoms with Crippen LogP contribution in [0.3, 0.4) is 0 Å². The molecular weight excluding hydrogens is 420 g/mol. The number of hydrogen-bond acceptors (Lipinski definition) is 5. The van der Waals surface area contributed by atoms with Crippen LogP contribution in [0.25, 0.3) is 0 Å². The molecule has 0 spiro atoms. The van der Waals surface area contributed by atoms with Crippen molar-refractivity contribution in [2.75, 3.05) is 11.1 Å². The SMILES string of the molecule is CCn1c(SCC(=O)Nc2ccccc2Cl)nnc1C(C)Oc1ccc(C)c(C)c1. The molecule has 0 aliphatic carbocycles. The molecule has 1 heterocycles. The maximum Gasteiger partial charge on any atom is 0.234 e. The molecule has 2 aromatic carbocycles. The van der Waals surface area contributed by atoms with Crippen LogP contribution in [0.5, 0.6) is 5.75 Å². The van der Waals surface area contributed by atoms with E-state index in [2.05, 4.69) is 29.4 Å². The second-order valence-electron chi connectivity index (χ2n) is 6.91. The van der Waals surface area contributed by atoms with E-state index in [0.717, 1.165) is 11.6 Å². The molecule has 30 heavy (non-hydrogen) atoms. The van der Waals surface area contributed by atoms with E-state index in [1.165, 1.54) is 22.9 Å². The molecule has 0 radical (unpaired) electrons. The number of para-hydroxylation sites is 1.